The van der Waals surface area contributed by atoms with Gasteiger partial charge in [-0.3, -0.25) is 4.79 Å². The summed E-state index contributed by atoms with van der Waals surface area (Å²) < 4.78 is 13.9. The number of aryl methyl sites for hydroxylation is 1. The number of rotatable bonds is 4. The third-order valence-electron chi connectivity index (χ3n) is 4.02. The molecule has 1 heterocycles. The predicted molar refractivity (Wildman–Crippen MR) is 71.5 cm³/mol. The third kappa shape index (κ3) is 2.63. The molecule has 1 aromatic carbocycles. The third-order valence-corrected chi connectivity index (χ3v) is 4.02. The van der Waals surface area contributed by atoms with Gasteiger partial charge in [0.2, 0.25) is 5.91 Å². The molecular weight excluding hydrogens is 243 g/mol. The van der Waals surface area contributed by atoms with Crippen LogP contribution in [-0.2, 0) is 4.79 Å². The van der Waals surface area contributed by atoms with Crippen LogP contribution in [0.1, 0.15) is 29.9 Å². The van der Waals surface area contributed by atoms with Gasteiger partial charge in [0.1, 0.15) is 5.82 Å². The minimum Gasteiger partial charge on any atom is -0.340 e. The van der Waals surface area contributed by atoms with Gasteiger partial charge < -0.3 is 10.2 Å². The van der Waals surface area contributed by atoms with E-state index < -0.39 is 0 Å². The summed E-state index contributed by atoms with van der Waals surface area (Å²) in [4.78, 5) is 13.7. The fourth-order valence-electron chi connectivity index (χ4n) is 2.50. The highest BCUT2D eigenvalue weighted by Gasteiger charge is 2.33. The summed E-state index contributed by atoms with van der Waals surface area (Å²) in [5.74, 6) is 0.177. The average Bonchev–Trinajstić information content (AvgIpc) is 3.14. The molecule has 0 aromatic heterocycles. The zero-order valence-corrected chi connectivity index (χ0v) is 11.2. The fraction of sp³-hybridized carbons (Fsp3) is 0.533. The summed E-state index contributed by atoms with van der Waals surface area (Å²) in [6.45, 7) is 3.49. The molecule has 0 atom stereocenters. The largest absolute Gasteiger partial charge is 0.340 e. The number of carbonyl (C=O) groups is 1. The SMILES string of the molecule is Cc1cccc(C2CN(C(=O)CNC3CC3)C2)c1F. The van der Waals surface area contributed by atoms with E-state index in [2.05, 4.69) is 5.32 Å². The van der Waals surface area contributed by atoms with Crippen molar-refractivity contribution in [2.75, 3.05) is 19.6 Å². The summed E-state index contributed by atoms with van der Waals surface area (Å²) in [6, 6.07) is 6.04. The van der Waals surface area contributed by atoms with Gasteiger partial charge in [-0.05, 0) is 30.9 Å². The van der Waals surface area contributed by atoms with Gasteiger partial charge in [-0.2, -0.15) is 0 Å². The molecule has 19 heavy (non-hydrogen) atoms. The Morgan fingerprint density at radius 1 is 1.42 bits per heavy atom. The van der Waals surface area contributed by atoms with E-state index in [1.165, 1.54) is 12.8 Å². The highest BCUT2D eigenvalue weighted by atomic mass is 19.1. The van der Waals surface area contributed by atoms with Gasteiger partial charge in [0.05, 0.1) is 6.54 Å². The van der Waals surface area contributed by atoms with E-state index in [4.69, 9.17) is 0 Å². The predicted octanol–water partition coefficient (Wildman–Crippen LogP) is 1.81. The van der Waals surface area contributed by atoms with Gasteiger partial charge >= 0.3 is 0 Å². The minimum atomic E-state index is -0.115. The Balaban J connectivity index is 1.53. The maximum atomic E-state index is 13.9. The van der Waals surface area contributed by atoms with Crippen molar-refractivity contribution in [2.24, 2.45) is 0 Å². The second-order valence-corrected chi connectivity index (χ2v) is 5.63. The number of carbonyl (C=O) groups excluding carboxylic acids is 1. The lowest BCUT2D eigenvalue weighted by molar-refractivity contribution is -0.134. The summed E-state index contributed by atoms with van der Waals surface area (Å²) in [6.07, 6.45) is 2.37. The number of amides is 1. The quantitative estimate of drug-likeness (QED) is 0.897. The Bertz CT molecular complexity index is 493. The normalized spacial score (nSPS) is 19.4. The molecule has 0 spiro atoms. The molecule has 0 unspecified atom stereocenters. The molecule has 1 aliphatic carbocycles. The summed E-state index contributed by atoms with van der Waals surface area (Å²) in [5.41, 5.74) is 1.43. The van der Waals surface area contributed by atoms with Crippen molar-refractivity contribution in [3.8, 4) is 0 Å². The molecule has 0 radical (unpaired) electrons. The molecule has 2 fully saturated rings. The van der Waals surface area contributed by atoms with Gasteiger partial charge in [-0.1, -0.05) is 18.2 Å². The number of likely N-dealkylation sites (tertiary alicyclic amines) is 1. The monoisotopic (exact) mass is 262 g/mol. The second kappa shape index (κ2) is 4.93. The van der Waals surface area contributed by atoms with Crippen LogP contribution in [0.3, 0.4) is 0 Å². The molecule has 1 saturated heterocycles. The number of benzene rings is 1. The highest BCUT2D eigenvalue weighted by molar-refractivity contribution is 5.79. The van der Waals surface area contributed by atoms with Crippen molar-refractivity contribution in [1.82, 2.24) is 10.2 Å². The van der Waals surface area contributed by atoms with Crippen LogP contribution in [0.15, 0.2) is 18.2 Å². The van der Waals surface area contributed by atoms with Crippen LogP contribution in [0.4, 0.5) is 4.39 Å². The van der Waals surface area contributed by atoms with Crippen LogP contribution in [0.5, 0.6) is 0 Å². The number of hydrogen-bond donors (Lipinski definition) is 1. The van der Waals surface area contributed by atoms with Crippen LogP contribution in [0.2, 0.25) is 0 Å². The molecule has 1 aliphatic heterocycles. The molecule has 0 bridgehead atoms. The Kier molecular flexibility index (Phi) is 3.27. The van der Waals surface area contributed by atoms with E-state index in [0.717, 1.165) is 5.56 Å². The minimum absolute atomic E-state index is 0.115. The highest BCUT2D eigenvalue weighted by Crippen LogP contribution is 2.30. The van der Waals surface area contributed by atoms with E-state index >= 15 is 0 Å². The van der Waals surface area contributed by atoms with Gasteiger partial charge in [-0.25, -0.2) is 4.39 Å². The maximum Gasteiger partial charge on any atom is 0.236 e. The number of nitrogens with zero attached hydrogens (tertiary/aromatic N) is 1. The first-order chi connectivity index (χ1) is 9.15. The first-order valence-electron chi connectivity index (χ1n) is 6.91. The molecule has 4 heteroatoms. The van der Waals surface area contributed by atoms with Crippen molar-refractivity contribution in [3.05, 3.63) is 35.1 Å². The molecule has 102 valence electrons. The van der Waals surface area contributed by atoms with Crippen LogP contribution >= 0.6 is 0 Å². The lowest BCUT2D eigenvalue weighted by Gasteiger charge is -2.40. The van der Waals surface area contributed by atoms with Crippen molar-refractivity contribution in [2.45, 2.75) is 31.7 Å². The Labute approximate surface area is 112 Å². The van der Waals surface area contributed by atoms with E-state index in [9.17, 15) is 9.18 Å². The molecule has 3 nitrogen and oxygen atoms in total. The Hall–Kier alpha value is -1.42. The van der Waals surface area contributed by atoms with Crippen LogP contribution in [0.25, 0.3) is 0 Å². The van der Waals surface area contributed by atoms with Crippen molar-refractivity contribution < 1.29 is 9.18 Å². The topological polar surface area (TPSA) is 32.3 Å². The van der Waals surface area contributed by atoms with E-state index in [1.807, 2.05) is 17.0 Å². The van der Waals surface area contributed by atoms with Gasteiger partial charge in [-0.15, -0.1) is 0 Å². The molecule has 3 rings (SSSR count). The summed E-state index contributed by atoms with van der Waals surface area (Å²) in [5, 5.41) is 3.22. The van der Waals surface area contributed by atoms with E-state index in [1.54, 1.807) is 13.0 Å². The molecule has 1 saturated carbocycles. The van der Waals surface area contributed by atoms with Crippen LogP contribution < -0.4 is 5.32 Å². The number of hydrogen-bond acceptors (Lipinski definition) is 2. The molecular formula is C15H19FN2O. The zero-order valence-electron chi connectivity index (χ0n) is 11.2. The average molecular weight is 262 g/mol. The molecule has 1 aromatic rings. The van der Waals surface area contributed by atoms with Crippen LogP contribution in [-0.4, -0.2) is 36.5 Å². The van der Waals surface area contributed by atoms with Gasteiger partial charge in [0, 0.05) is 25.0 Å². The van der Waals surface area contributed by atoms with E-state index in [0.29, 0.717) is 31.2 Å². The van der Waals surface area contributed by atoms with Crippen LogP contribution in [0, 0.1) is 12.7 Å². The number of halogens is 1. The van der Waals surface area contributed by atoms with Gasteiger partial charge in [0.15, 0.2) is 0 Å². The first kappa shape index (κ1) is 12.6. The molecule has 1 N–H and O–H groups in total. The fourth-order valence-corrected chi connectivity index (χ4v) is 2.50. The Morgan fingerprint density at radius 2 is 2.16 bits per heavy atom. The van der Waals surface area contributed by atoms with Crippen molar-refractivity contribution in [3.63, 3.8) is 0 Å². The Morgan fingerprint density at radius 3 is 2.84 bits per heavy atom. The van der Waals surface area contributed by atoms with Crippen molar-refractivity contribution in [1.29, 1.82) is 0 Å². The summed E-state index contributed by atoms with van der Waals surface area (Å²) >= 11 is 0. The standard InChI is InChI=1S/C15H19FN2O/c1-10-3-2-4-13(15(10)16)11-8-18(9-11)14(19)7-17-12-5-6-12/h2-4,11-12,17H,5-9H2,1H3. The zero-order chi connectivity index (χ0) is 13.4. The molecule has 1 amide bonds. The lowest BCUT2D eigenvalue weighted by Crippen LogP contribution is -2.51. The first-order valence-corrected chi connectivity index (χ1v) is 6.91. The number of nitrogens with one attached hydrogen (secondary N) is 1. The maximum absolute atomic E-state index is 13.9. The molecule has 2 aliphatic rings. The summed E-state index contributed by atoms with van der Waals surface area (Å²) in [7, 11) is 0. The second-order valence-electron chi connectivity index (χ2n) is 5.63. The lowest BCUT2D eigenvalue weighted by atomic mass is 9.90. The smallest absolute Gasteiger partial charge is 0.236 e. The van der Waals surface area contributed by atoms with Crippen molar-refractivity contribution >= 4 is 5.91 Å². The van der Waals surface area contributed by atoms with E-state index in [-0.39, 0.29) is 17.6 Å². The van der Waals surface area contributed by atoms with Gasteiger partial charge in [0.25, 0.3) is 0 Å².